The van der Waals surface area contributed by atoms with Gasteiger partial charge in [0.2, 0.25) is 5.91 Å². The molecule has 4 aromatic rings. The van der Waals surface area contributed by atoms with Crippen molar-refractivity contribution >= 4 is 34.1 Å². The molecule has 1 amide bonds. The quantitative estimate of drug-likeness (QED) is 0.382. The van der Waals surface area contributed by atoms with Crippen LogP contribution in [0.1, 0.15) is 12.6 Å². The normalized spacial score (nSPS) is 10.8. The van der Waals surface area contributed by atoms with Crippen molar-refractivity contribution in [2.45, 2.75) is 13.3 Å². The summed E-state index contributed by atoms with van der Waals surface area (Å²) in [6.07, 6.45) is 3.22. The maximum absolute atomic E-state index is 13.7. The Morgan fingerprint density at radius 3 is 2.91 bits per heavy atom. The van der Waals surface area contributed by atoms with E-state index in [1.54, 1.807) is 6.07 Å². The number of hydrogen-bond donors (Lipinski definition) is 3. The van der Waals surface area contributed by atoms with E-state index in [1.807, 2.05) is 31.5 Å². The van der Waals surface area contributed by atoms with Gasteiger partial charge in [0, 0.05) is 23.2 Å². The van der Waals surface area contributed by atoms with Crippen LogP contribution < -0.4 is 15.4 Å². The summed E-state index contributed by atoms with van der Waals surface area (Å²) in [6, 6.07) is 10.7. The summed E-state index contributed by atoms with van der Waals surface area (Å²) in [5, 5.41) is 13.1. The molecule has 8 nitrogen and oxygen atoms in total. The van der Waals surface area contributed by atoms with Crippen LogP contribution in [0.2, 0.25) is 0 Å². The first-order valence-corrected chi connectivity index (χ1v) is 9.74. The van der Waals surface area contributed by atoms with Crippen LogP contribution in [0, 0.1) is 18.1 Å². The number of aromatic amines is 1. The van der Waals surface area contributed by atoms with E-state index < -0.39 is 17.5 Å². The molecule has 0 fully saturated rings. The van der Waals surface area contributed by atoms with Crippen LogP contribution in [0.4, 0.5) is 26.1 Å². The minimum Gasteiger partial charge on any atom is -0.493 e. The molecule has 163 valence electrons. The van der Waals surface area contributed by atoms with Gasteiger partial charge in [-0.1, -0.05) is 13.0 Å². The fourth-order valence-corrected chi connectivity index (χ4v) is 3.01. The van der Waals surface area contributed by atoms with Gasteiger partial charge in [-0.15, -0.1) is 0 Å². The van der Waals surface area contributed by atoms with Gasteiger partial charge in [0.1, 0.15) is 17.9 Å². The van der Waals surface area contributed by atoms with Gasteiger partial charge >= 0.3 is 0 Å². The van der Waals surface area contributed by atoms with Crippen molar-refractivity contribution in [2.75, 3.05) is 17.2 Å². The van der Waals surface area contributed by atoms with Crippen LogP contribution in [0.15, 0.2) is 48.8 Å². The first kappa shape index (κ1) is 21.2. The molecular weight excluding hydrogens is 418 g/mol. The van der Waals surface area contributed by atoms with E-state index in [0.717, 1.165) is 11.5 Å². The highest BCUT2D eigenvalue weighted by molar-refractivity contribution is 5.93. The highest BCUT2D eigenvalue weighted by Gasteiger charge is 2.13. The summed E-state index contributed by atoms with van der Waals surface area (Å²) in [5.41, 5.74) is 0.954. The minimum atomic E-state index is -1.11. The molecule has 32 heavy (non-hydrogen) atoms. The SMILES string of the molecule is C[CH]COc1ccc2c(Nc3cc(CC(=O)Nc4cccc(F)c4F)[nH]n3)ncnc2c1. The summed E-state index contributed by atoms with van der Waals surface area (Å²) in [7, 11) is 0. The van der Waals surface area contributed by atoms with Crippen LogP contribution in [0.3, 0.4) is 0 Å². The van der Waals surface area contributed by atoms with Crippen molar-refractivity contribution in [3.05, 3.63) is 72.5 Å². The minimum absolute atomic E-state index is 0.107. The van der Waals surface area contributed by atoms with Gasteiger partial charge in [-0.25, -0.2) is 18.7 Å². The number of rotatable bonds is 8. The van der Waals surface area contributed by atoms with Gasteiger partial charge in [0.15, 0.2) is 17.5 Å². The summed E-state index contributed by atoms with van der Waals surface area (Å²) >= 11 is 0. The van der Waals surface area contributed by atoms with Gasteiger partial charge < -0.3 is 15.4 Å². The molecule has 0 saturated heterocycles. The number of amides is 1. The molecule has 4 rings (SSSR count). The number of nitrogens with one attached hydrogen (secondary N) is 3. The molecule has 0 aliphatic carbocycles. The molecule has 0 atom stereocenters. The van der Waals surface area contributed by atoms with Crippen LogP contribution in [0.5, 0.6) is 5.75 Å². The number of halogens is 2. The molecule has 2 heterocycles. The number of anilines is 3. The van der Waals surface area contributed by atoms with Crippen molar-refractivity contribution in [2.24, 2.45) is 0 Å². The molecule has 0 unspecified atom stereocenters. The molecule has 10 heteroatoms. The number of nitrogens with zero attached hydrogens (tertiary/aromatic N) is 3. The second-order valence-corrected chi connectivity index (χ2v) is 6.85. The average Bonchev–Trinajstić information content (AvgIpc) is 3.22. The maximum Gasteiger partial charge on any atom is 0.230 e. The Labute approximate surface area is 182 Å². The van der Waals surface area contributed by atoms with E-state index in [9.17, 15) is 13.6 Å². The highest BCUT2D eigenvalue weighted by atomic mass is 19.2. The van der Waals surface area contributed by atoms with E-state index in [4.69, 9.17) is 4.74 Å². The molecular formula is C22H19F2N6O2. The maximum atomic E-state index is 13.7. The Hall–Kier alpha value is -4.08. The fourth-order valence-electron chi connectivity index (χ4n) is 3.01. The molecule has 0 aliphatic rings. The number of carbonyl (C=O) groups excluding carboxylic acids is 1. The highest BCUT2D eigenvalue weighted by Crippen LogP contribution is 2.26. The van der Waals surface area contributed by atoms with Crippen molar-refractivity contribution in [3.63, 3.8) is 0 Å². The second kappa shape index (κ2) is 9.38. The third-order valence-corrected chi connectivity index (χ3v) is 4.48. The Bertz CT molecular complexity index is 1260. The van der Waals surface area contributed by atoms with Crippen LogP contribution in [-0.4, -0.2) is 32.7 Å². The zero-order valence-corrected chi connectivity index (χ0v) is 17.0. The number of aromatic nitrogens is 4. The molecule has 2 aromatic carbocycles. The predicted molar refractivity (Wildman–Crippen MR) is 116 cm³/mol. The Kier molecular flexibility index (Phi) is 6.20. The van der Waals surface area contributed by atoms with E-state index in [2.05, 4.69) is 30.8 Å². The first-order valence-electron chi connectivity index (χ1n) is 9.74. The van der Waals surface area contributed by atoms with Gasteiger partial charge in [0.05, 0.1) is 24.2 Å². The van der Waals surface area contributed by atoms with Crippen molar-refractivity contribution in [1.29, 1.82) is 0 Å². The fraction of sp³-hybridized carbons (Fsp3) is 0.136. The number of H-pyrrole nitrogens is 1. The summed E-state index contributed by atoms with van der Waals surface area (Å²) < 4.78 is 32.6. The van der Waals surface area contributed by atoms with Gasteiger partial charge in [-0.3, -0.25) is 9.89 Å². The van der Waals surface area contributed by atoms with E-state index in [1.165, 1.54) is 18.5 Å². The van der Waals surface area contributed by atoms with Crippen LogP contribution >= 0.6 is 0 Å². The van der Waals surface area contributed by atoms with E-state index >= 15 is 0 Å². The standard InChI is InChI=1S/C22H19F2N6O2/c1-2-8-32-14-6-7-15-18(11-14)25-12-26-22(15)28-19-9-13(29-30-19)10-20(31)27-17-5-3-4-16(23)21(17)24/h2-7,9,11-12H,8,10H2,1H3,(H,27,31)(H2,25,26,28,29,30). The molecule has 0 aliphatic heterocycles. The molecule has 0 spiro atoms. The van der Waals surface area contributed by atoms with E-state index in [0.29, 0.717) is 35.2 Å². The van der Waals surface area contributed by atoms with Gasteiger partial charge in [-0.2, -0.15) is 5.10 Å². The Balaban J connectivity index is 1.44. The van der Waals surface area contributed by atoms with Gasteiger partial charge in [-0.05, 0) is 30.7 Å². The number of carbonyl (C=O) groups is 1. The number of fused-ring (bicyclic) bond motifs is 1. The molecule has 0 saturated carbocycles. The summed E-state index contributed by atoms with van der Waals surface area (Å²) in [5.74, 6) is -0.990. The smallest absolute Gasteiger partial charge is 0.230 e. The lowest BCUT2D eigenvalue weighted by Gasteiger charge is -2.08. The summed E-state index contributed by atoms with van der Waals surface area (Å²) in [6.45, 7) is 2.41. The van der Waals surface area contributed by atoms with Crippen LogP contribution in [0.25, 0.3) is 10.9 Å². The number of ether oxygens (including phenoxy) is 1. The molecule has 1 radical (unpaired) electrons. The zero-order chi connectivity index (χ0) is 22.5. The largest absolute Gasteiger partial charge is 0.493 e. The van der Waals surface area contributed by atoms with Crippen molar-refractivity contribution < 1.29 is 18.3 Å². The molecule has 0 bridgehead atoms. The predicted octanol–water partition coefficient (Wildman–Crippen LogP) is 4.16. The summed E-state index contributed by atoms with van der Waals surface area (Å²) in [4.78, 5) is 20.7. The monoisotopic (exact) mass is 437 g/mol. The van der Waals surface area contributed by atoms with E-state index in [-0.39, 0.29) is 12.1 Å². The number of hydrogen-bond acceptors (Lipinski definition) is 6. The first-order chi connectivity index (χ1) is 15.5. The molecule has 2 aromatic heterocycles. The lowest BCUT2D eigenvalue weighted by Crippen LogP contribution is -2.16. The lowest BCUT2D eigenvalue weighted by molar-refractivity contribution is -0.115. The topological polar surface area (TPSA) is 105 Å². The molecule has 3 N–H and O–H groups in total. The Morgan fingerprint density at radius 2 is 2.06 bits per heavy atom. The van der Waals surface area contributed by atoms with Crippen LogP contribution in [-0.2, 0) is 11.2 Å². The van der Waals surface area contributed by atoms with Gasteiger partial charge in [0.25, 0.3) is 0 Å². The van der Waals surface area contributed by atoms with Crippen molar-refractivity contribution in [1.82, 2.24) is 20.2 Å². The zero-order valence-electron chi connectivity index (χ0n) is 17.0. The average molecular weight is 437 g/mol. The number of benzene rings is 2. The van der Waals surface area contributed by atoms with Crippen molar-refractivity contribution in [3.8, 4) is 5.75 Å². The third kappa shape index (κ3) is 4.80. The lowest BCUT2D eigenvalue weighted by atomic mass is 10.2. The second-order valence-electron chi connectivity index (χ2n) is 6.85. The third-order valence-electron chi connectivity index (χ3n) is 4.48. The Morgan fingerprint density at radius 1 is 1.19 bits per heavy atom.